The van der Waals surface area contributed by atoms with Crippen molar-refractivity contribution in [2.75, 3.05) is 17.1 Å². The first-order valence-electron chi connectivity index (χ1n) is 4.26. The Balaban J connectivity index is 2.74. The van der Waals surface area contributed by atoms with E-state index >= 15 is 0 Å². The van der Waals surface area contributed by atoms with Crippen molar-refractivity contribution in [1.82, 2.24) is 4.98 Å². The lowest BCUT2D eigenvalue weighted by Gasteiger charge is -2.07. The molecule has 0 bridgehead atoms. The number of pyridine rings is 1. The summed E-state index contributed by atoms with van der Waals surface area (Å²) in [4.78, 5) is 3.49. The predicted octanol–water partition coefficient (Wildman–Crippen LogP) is 0.345. The standard InChI is InChI=1S/C8H11FN2O3S/c9-7-6-10-3-2-8(7)11-15(13,14)5-1-4-12/h2-3,6,12H,1,4-5H2,(H,10,11). The first-order chi connectivity index (χ1) is 7.05. The minimum Gasteiger partial charge on any atom is -0.396 e. The van der Waals surface area contributed by atoms with Gasteiger partial charge in [-0.1, -0.05) is 0 Å². The van der Waals surface area contributed by atoms with Crippen molar-refractivity contribution in [1.29, 1.82) is 0 Å². The molecule has 0 unspecified atom stereocenters. The highest BCUT2D eigenvalue weighted by molar-refractivity contribution is 7.92. The fourth-order valence-corrected chi connectivity index (χ4v) is 2.04. The zero-order valence-electron chi connectivity index (χ0n) is 7.85. The Morgan fingerprint density at radius 1 is 1.53 bits per heavy atom. The second-order valence-electron chi connectivity index (χ2n) is 2.85. The molecule has 0 amide bonds. The van der Waals surface area contributed by atoms with Gasteiger partial charge in [-0.05, 0) is 12.5 Å². The van der Waals surface area contributed by atoms with Crippen LogP contribution < -0.4 is 4.72 Å². The first-order valence-corrected chi connectivity index (χ1v) is 5.91. The molecule has 0 spiro atoms. The van der Waals surface area contributed by atoms with Gasteiger partial charge in [0.1, 0.15) is 0 Å². The third-order valence-electron chi connectivity index (χ3n) is 1.61. The van der Waals surface area contributed by atoms with E-state index in [1.54, 1.807) is 0 Å². The third kappa shape index (κ3) is 3.80. The normalized spacial score (nSPS) is 11.3. The number of rotatable bonds is 5. The van der Waals surface area contributed by atoms with E-state index in [0.717, 1.165) is 6.20 Å². The second-order valence-corrected chi connectivity index (χ2v) is 4.70. The molecule has 0 aliphatic carbocycles. The molecule has 1 heterocycles. The van der Waals surface area contributed by atoms with Gasteiger partial charge in [-0.3, -0.25) is 9.71 Å². The van der Waals surface area contributed by atoms with Crippen molar-refractivity contribution >= 4 is 15.7 Å². The Morgan fingerprint density at radius 3 is 2.87 bits per heavy atom. The van der Waals surface area contributed by atoms with Gasteiger partial charge in [-0.15, -0.1) is 0 Å². The number of aromatic nitrogens is 1. The van der Waals surface area contributed by atoms with Gasteiger partial charge in [0, 0.05) is 12.8 Å². The van der Waals surface area contributed by atoms with Gasteiger partial charge < -0.3 is 5.11 Å². The summed E-state index contributed by atoms with van der Waals surface area (Å²) in [5.74, 6) is -0.976. The molecule has 0 aromatic carbocycles. The Hall–Kier alpha value is -1.21. The van der Waals surface area contributed by atoms with E-state index in [2.05, 4.69) is 9.71 Å². The van der Waals surface area contributed by atoms with E-state index in [9.17, 15) is 12.8 Å². The second kappa shape index (κ2) is 5.04. The monoisotopic (exact) mass is 234 g/mol. The summed E-state index contributed by atoms with van der Waals surface area (Å²) in [5.41, 5.74) is -0.136. The van der Waals surface area contributed by atoms with Crippen molar-refractivity contribution in [3.8, 4) is 0 Å². The fraction of sp³-hybridized carbons (Fsp3) is 0.375. The average molecular weight is 234 g/mol. The molecule has 1 rings (SSSR count). The largest absolute Gasteiger partial charge is 0.396 e. The van der Waals surface area contributed by atoms with Crippen LogP contribution in [0.4, 0.5) is 10.1 Å². The van der Waals surface area contributed by atoms with E-state index in [1.807, 2.05) is 0 Å². The highest BCUT2D eigenvalue weighted by Crippen LogP contribution is 2.12. The van der Waals surface area contributed by atoms with Crippen molar-refractivity contribution in [2.45, 2.75) is 6.42 Å². The zero-order chi connectivity index (χ0) is 11.3. The highest BCUT2D eigenvalue weighted by Gasteiger charge is 2.12. The Bertz CT molecular complexity index is 422. The number of hydrogen-bond acceptors (Lipinski definition) is 4. The van der Waals surface area contributed by atoms with Crippen molar-refractivity contribution in [2.24, 2.45) is 0 Å². The Morgan fingerprint density at radius 2 is 2.27 bits per heavy atom. The Labute approximate surface area is 87.0 Å². The molecule has 0 saturated carbocycles. The van der Waals surface area contributed by atoms with Gasteiger partial charge in [0.15, 0.2) is 5.82 Å². The third-order valence-corrected chi connectivity index (χ3v) is 2.97. The highest BCUT2D eigenvalue weighted by atomic mass is 32.2. The van der Waals surface area contributed by atoms with Gasteiger partial charge in [-0.25, -0.2) is 12.8 Å². The zero-order valence-corrected chi connectivity index (χ0v) is 8.67. The lowest BCUT2D eigenvalue weighted by Crippen LogP contribution is -2.18. The quantitative estimate of drug-likeness (QED) is 0.770. The summed E-state index contributed by atoms with van der Waals surface area (Å²) in [5, 5.41) is 8.47. The van der Waals surface area contributed by atoms with Crippen LogP contribution in [0.25, 0.3) is 0 Å². The summed E-state index contributed by atoms with van der Waals surface area (Å²) in [6.07, 6.45) is 2.32. The van der Waals surface area contributed by atoms with Crippen molar-refractivity contribution < 1.29 is 17.9 Å². The molecule has 15 heavy (non-hydrogen) atoms. The number of aliphatic hydroxyl groups excluding tert-OH is 1. The number of halogens is 1. The summed E-state index contributed by atoms with van der Waals surface area (Å²) in [7, 11) is -3.60. The molecule has 0 aliphatic heterocycles. The summed E-state index contributed by atoms with van der Waals surface area (Å²) < 4.78 is 37.7. The molecule has 0 radical (unpaired) electrons. The van der Waals surface area contributed by atoms with E-state index in [0.29, 0.717) is 0 Å². The molecule has 0 aliphatic rings. The molecule has 0 atom stereocenters. The minimum absolute atomic E-state index is 0.113. The molecule has 7 heteroatoms. The van der Waals surface area contributed by atoms with Crippen LogP contribution in [0, 0.1) is 5.82 Å². The first kappa shape index (κ1) is 11.9. The summed E-state index contributed by atoms with van der Waals surface area (Å²) >= 11 is 0. The topological polar surface area (TPSA) is 79.3 Å². The van der Waals surface area contributed by atoms with Gasteiger partial charge in [0.25, 0.3) is 0 Å². The lowest BCUT2D eigenvalue weighted by molar-refractivity contribution is 0.295. The number of sulfonamides is 1. The predicted molar refractivity (Wildman–Crippen MR) is 53.3 cm³/mol. The number of anilines is 1. The average Bonchev–Trinajstić information content (AvgIpc) is 2.18. The molecule has 84 valence electrons. The molecule has 0 saturated heterocycles. The van der Waals surface area contributed by atoms with E-state index in [4.69, 9.17) is 5.11 Å². The van der Waals surface area contributed by atoms with Gasteiger partial charge in [0.05, 0.1) is 17.6 Å². The molecular weight excluding hydrogens is 223 g/mol. The van der Waals surface area contributed by atoms with Crippen LogP contribution in [0.5, 0.6) is 0 Å². The van der Waals surface area contributed by atoms with Gasteiger partial charge in [-0.2, -0.15) is 0 Å². The van der Waals surface area contributed by atoms with Crippen LogP contribution in [-0.2, 0) is 10.0 Å². The Kier molecular flexibility index (Phi) is 3.98. The van der Waals surface area contributed by atoms with Crippen LogP contribution >= 0.6 is 0 Å². The number of nitrogens with zero attached hydrogens (tertiary/aromatic N) is 1. The molecular formula is C8H11FN2O3S. The fourth-order valence-electron chi connectivity index (χ4n) is 0.931. The van der Waals surface area contributed by atoms with E-state index in [-0.39, 0.29) is 24.5 Å². The van der Waals surface area contributed by atoms with Crippen LogP contribution in [0.2, 0.25) is 0 Å². The van der Waals surface area contributed by atoms with Crippen LogP contribution in [0.15, 0.2) is 18.5 Å². The maximum Gasteiger partial charge on any atom is 0.232 e. The molecule has 1 aromatic rings. The van der Waals surface area contributed by atoms with Crippen LogP contribution in [0.1, 0.15) is 6.42 Å². The number of nitrogens with one attached hydrogen (secondary N) is 1. The lowest BCUT2D eigenvalue weighted by atomic mass is 10.4. The summed E-state index contributed by atoms with van der Waals surface area (Å²) in [6, 6.07) is 1.23. The van der Waals surface area contributed by atoms with Gasteiger partial charge in [0.2, 0.25) is 10.0 Å². The number of aliphatic hydroxyl groups is 1. The molecule has 1 aromatic heterocycles. The van der Waals surface area contributed by atoms with E-state index < -0.39 is 15.8 Å². The van der Waals surface area contributed by atoms with Crippen molar-refractivity contribution in [3.63, 3.8) is 0 Å². The van der Waals surface area contributed by atoms with Crippen LogP contribution in [-0.4, -0.2) is 30.9 Å². The maximum atomic E-state index is 13.0. The molecule has 2 N–H and O–H groups in total. The van der Waals surface area contributed by atoms with E-state index in [1.165, 1.54) is 12.3 Å². The van der Waals surface area contributed by atoms with Crippen LogP contribution in [0.3, 0.4) is 0 Å². The van der Waals surface area contributed by atoms with Gasteiger partial charge >= 0.3 is 0 Å². The molecule has 0 fully saturated rings. The maximum absolute atomic E-state index is 13.0. The molecule has 5 nitrogen and oxygen atoms in total. The van der Waals surface area contributed by atoms with Crippen molar-refractivity contribution in [3.05, 3.63) is 24.3 Å². The smallest absolute Gasteiger partial charge is 0.232 e. The SMILES string of the molecule is O=S(=O)(CCCO)Nc1ccncc1F. The number of hydrogen-bond donors (Lipinski definition) is 2. The summed E-state index contributed by atoms with van der Waals surface area (Å²) in [6.45, 7) is -0.222. The minimum atomic E-state index is -3.60.